The van der Waals surface area contributed by atoms with Crippen LogP contribution < -0.4 is 10.5 Å². The normalized spacial score (nSPS) is 11.9. The summed E-state index contributed by atoms with van der Waals surface area (Å²) >= 11 is 4.89. The summed E-state index contributed by atoms with van der Waals surface area (Å²) < 4.78 is 28.1. The molecular formula is C12H19N3O2S2. The number of aryl methyl sites for hydroxylation is 1. The van der Waals surface area contributed by atoms with Crippen LogP contribution in [0.1, 0.15) is 25.0 Å². The summed E-state index contributed by atoms with van der Waals surface area (Å²) in [5.74, 6) is 0. The van der Waals surface area contributed by atoms with Crippen molar-refractivity contribution in [3.63, 3.8) is 0 Å². The van der Waals surface area contributed by atoms with Gasteiger partial charge < -0.3 is 5.73 Å². The fraction of sp³-hybridized carbons (Fsp3) is 0.417. The molecule has 0 spiro atoms. The number of anilines is 1. The second kappa shape index (κ2) is 5.85. The molecule has 0 aliphatic carbocycles. The lowest BCUT2D eigenvalue weighted by molar-refractivity contribution is 0.414. The zero-order chi connectivity index (χ0) is 14.8. The van der Waals surface area contributed by atoms with Gasteiger partial charge in [-0.3, -0.25) is 4.72 Å². The van der Waals surface area contributed by atoms with Crippen LogP contribution in [0.5, 0.6) is 0 Å². The third kappa shape index (κ3) is 3.89. The molecule has 0 saturated heterocycles. The highest BCUT2D eigenvalue weighted by Crippen LogP contribution is 2.19. The number of benzene rings is 1. The van der Waals surface area contributed by atoms with Gasteiger partial charge in [-0.2, -0.15) is 12.7 Å². The van der Waals surface area contributed by atoms with Gasteiger partial charge in [0.25, 0.3) is 0 Å². The van der Waals surface area contributed by atoms with Gasteiger partial charge in [0.15, 0.2) is 0 Å². The lowest BCUT2D eigenvalue weighted by Gasteiger charge is -2.22. The van der Waals surface area contributed by atoms with E-state index in [-0.39, 0.29) is 11.0 Å². The maximum absolute atomic E-state index is 12.1. The standard InChI is InChI=1S/C12H19N3O2S2/c1-8(2)15(4)19(16,17)14-11-7-10(12(13)18)6-5-9(11)3/h5-8,14H,1-4H3,(H2,13,18). The first-order chi connectivity index (χ1) is 8.65. The molecule has 0 bridgehead atoms. The molecule has 5 nitrogen and oxygen atoms in total. The quantitative estimate of drug-likeness (QED) is 0.811. The minimum atomic E-state index is -3.58. The van der Waals surface area contributed by atoms with E-state index in [1.807, 2.05) is 6.92 Å². The van der Waals surface area contributed by atoms with Crippen LogP contribution in [0.4, 0.5) is 5.69 Å². The lowest BCUT2D eigenvalue weighted by atomic mass is 10.1. The molecule has 1 aromatic carbocycles. The fourth-order valence-electron chi connectivity index (χ4n) is 1.37. The smallest absolute Gasteiger partial charge is 0.301 e. The van der Waals surface area contributed by atoms with Crippen LogP contribution in [-0.4, -0.2) is 30.8 Å². The van der Waals surface area contributed by atoms with Crippen molar-refractivity contribution in [2.24, 2.45) is 5.73 Å². The highest BCUT2D eigenvalue weighted by molar-refractivity contribution is 7.90. The minimum absolute atomic E-state index is 0.128. The molecule has 3 N–H and O–H groups in total. The summed E-state index contributed by atoms with van der Waals surface area (Å²) in [6.45, 7) is 5.42. The second-order valence-electron chi connectivity index (χ2n) is 4.61. The van der Waals surface area contributed by atoms with Gasteiger partial charge in [0.2, 0.25) is 0 Å². The van der Waals surface area contributed by atoms with E-state index in [0.29, 0.717) is 11.3 Å². The van der Waals surface area contributed by atoms with Crippen LogP contribution in [0.15, 0.2) is 18.2 Å². The van der Waals surface area contributed by atoms with Crippen LogP contribution in [0.25, 0.3) is 0 Å². The Morgan fingerprint density at radius 1 is 1.42 bits per heavy atom. The van der Waals surface area contributed by atoms with Crippen molar-refractivity contribution in [3.05, 3.63) is 29.3 Å². The van der Waals surface area contributed by atoms with Crippen molar-refractivity contribution >= 4 is 33.1 Å². The van der Waals surface area contributed by atoms with Gasteiger partial charge in [-0.05, 0) is 32.4 Å². The first-order valence-electron chi connectivity index (χ1n) is 5.81. The van der Waals surface area contributed by atoms with Crippen LogP contribution in [0.2, 0.25) is 0 Å². The largest absolute Gasteiger partial charge is 0.389 e. The molecule has 0 amide bonds. The van der Waals surface area contributed by atoms with E-state index >= 15 is 0 Å². The number of hydrogen-bond acceptors (Lipinski definition) is 3. The van der Waals surface area contributed by atoms with E-state index in [9.17, 15) is 8.42 Å². The molecule has 0 aromatic heterocycles. The highest BCUT2D eigenvalue weighted by Gasteiger charge is 2.21. The van der Waals surface area contributed by atoms with Gasteiger partial charge >= 0.3 is 10.2 Å². The molecule has 19 heavy (non-hydrogen) atoms. The summed E-state index contributed by atoms with van der Waals surface area (Å²) in [6, 6.07) is 5.06. The Morgan fingerprint density at radius 2 is 2.00 bits per heavy atom. The minimum Gasteiger partial charge on any atom is -0.389 e. The van der Waals surface area contributed by atoms with Crippen molar-refractivity contribution in [2.75, 3.05) is 11.8 Å². The Balaban J connectivity index is 3.12. The van der Waals surface area contributed by atoms with E-state index in [4.69, 9.17) is 18.0 Å². The topological polar surface area (TPSA) is 75.4 Å². The van der Waals surface area contributed by atoms with Crippen LogP contribution in [0, 0.1) is 6.92 Å². The maximum Gasteiger partial charge on any atom is 0.301 e. The van der Waals surface area contributed by atoms with Crippen molar-refractivity contribution < 1.29 is 8.42 Å². The van der Waals surface area contributed by atoms with Crippen LogP contribution in [-0.2, 0) is 10.2 Å². The monoisotopic (exact) mass is 301 g/mol. The van der Waals surface area contributed by atoms with Crippen molar-refractivity contribution in [1.82, 2.24) is 4.31 Å². The zero-order valence-corrected chi connectivity index (χ0v) is 13.1. The van der Waals surface area contributed by atoms with E-state index < -0.39 is 10.2 Å². The number of nitrogens with two attached hydrogens (primary N) is 1. The molecule has 0 radical (unpaired) electrons. The summed E-state index contributed by atoms with van der Waals surface area (Å²) in [7, 11) is -2.05. The van der Waals surface area contributed by atoms with Crippen molar-refractivity contribution in [3.8, 4) is 0 Å². The highest BCUT2D eigenvalue weighted by atomic mass is 32.2. The molecule has 1 aromatic rings. The molecular weight excluding hydrogens is 282 g/mol. The molecule has 0 aliphatic rings. The van der Waals surface area contributed by atoms with Gasteiger partial charge in [-0.25, -0.2) is 0 Å². The maximum atomic E-state index is 12.1. The molecule has 0 aliphatic heterocycles. The molecule has 1 rings (SSSR count). The van der Waals surface area contributed by atoms with Gasteiger partial charge in [0.05, 0.1) is 5.69 Å². The summed E-state index contributed by atoms with van der Waals surface area (Å²) in [4.78, 5) is 0.234. The lowest BCUT2D eigenvalue weighted by Crippen LogP contribution is -2.37. The van der Waals surface area contributed by atoms with Crippen molar-refractivity contribution in [1.29, 1.82) is 0 Å². The van der Waals surface area contributed by atoms with Crippen LogP contribution >= 0.6 is 12.2 Å². The van der Waals surface area contributed by atoms with Gasteiger partial charge in [0.1, 0.15) is 4.99 Å². The molecule has 0 fully saturated rings. The predicted molar refractivity (Wildman–Crippen MR) is 82.5 cm³/mol. The number of nitrogens with one attached hydrogen (secondary N) is 1. The van der Waals surface area contributed by atoms with E-state index in [1.165, 1.54) is 11.4 Å². The predicted octanol–water partition coefficient (Wildman–Crippen LogP) is 1.63. The number of nitrogens with zero attached hydrogens (tertiary/aromatic N) is 1. The molecule has 0 atom stereocenters. The van der Waals surface area contributed by atoms with Gasteiger partial charge in [0, 0.05) is 18.7 Å². The first-order valence-corrected chi connectivity index (χ1v) is 7.66. The molecule has 7 heteroatoms. The Labute approximate surface area is 120 Å². The third-order valence-electron chi connectivity index (χ3n) is 2.87. The summed E-state index contributed by atoms with van der Waals surface area (Å²) in [5.41, 5.74) is 7.47. The molecule has 0 unspecified atom stereocenters. The second-order valence-corrected chi connectivity index (χ2v) is 6.78. The first kappa shape index (κ1) is 15.9. The van der Waals surface area contributed by atoms with Gasteiger partial charge in [-0.1, -0.05) is 24.4 Å². The number of hydrogen-bond donors (Lipinski definition) is 2. The van der Waals surface area contributed by atoms with E-state index in [2.05, 4.69) is 4.72 Å². The molecule has 0 heterocycles. The Bertz CT molecular complexity index is 583. The number of rotatable bonds is 5. The van der Waals surface area contributed by atoms with Gasteiger partial charge in [-0.15, -0.1) is 0 Å². The van der Waals surface area contributed by atoms with Crippen molar-refractivity contribution in [2.45, 2.75) is 26.8 Å². The SMILES string of the molecule is Cc1ccc(C(N)=S)cc1NS(=O)(=O)N(C)C(C)C. The average molecular weight is 301 g/mol. The Hall–Kier alpha value is -1.18. The Morgan fingerprint density at radius 3 is 2.47 bits per heavy atom. The van der Waals surface area contributed by atoms with Crippen LogP contribution in [0.3, 0.4) is 0 Å². The zero-order valence-electron chi connectivity index (χ0n) is 11.5. The molecule has 106 valence electrons. The fourth-order valence-corrected chi connectivity index (χ4v) is 2.70. The van der Waals surface area contributed by atoms with E-state index in [0.717, 1.165) is 5.56 Å². The van der Waals surface area contributed by atoms with E-state index in [1.54, 1.807) is 32.0 Å². The summed E-state index contributed by atoms with van der Waals surface area (Å²) in [5, 5.41) is 0. The summed E-state index contributed by atoms with van der Waals surface area (Å²) in [6.07, 6.45) is 0. The molecule has 0 saturated carbocycles. The third-order valence-corrected chi connectivity index (χ3v) is 4.76. The number of thiocarbonyl (C=S) groups is 1. The Kier molecular flexibility index (Phi) is 4.89. The average Bonchev–Trinajstić information content (AvgIpc) is 2.30.